The van der Waals surface area contributed by atoms with Gasteiger partial charge in [0.2, 0.25) is 5.91 Å². The second kappa shape index (κ2) is 9.52. The van der Waals surface area contributed by atoms with Gasteiger partial charge in [0, 0.05) is 22.3 Å². The van der Waals surface area contributed by atoms with E-state index in [1.165, 1.54) is 25.7 Å². The highest BCUT2D eigenvalue weighted by Crippen LogP contribution is 2.30. The van der Waals surface area contributed by atoms with Gasteiger partial charge in [0.25, 0.3) is 5.91 Å². The Balaban J connectivity index is 1.40. The van der Waals surface area contributed by atoms with Crippen molar-refractivity contribution in [2.75, 3.05) is 11.9 Å². The van der Waals surface area contributed by atoms with E-state index in [9.17, 15) is 9.59 Å². The number of rotatable bonds is 4. The van der Waals surface area contributed by atoms with E-state index in [0.717, 1.165) is 24.2 Å². The maximum atomic E-state index is 12.8. The van der Waals surface area contributed by atoms with Crippen molar-refractivity contribution in [1.29, 1.82) is 0 Å². The van der Waals surface area contributed by atoms with Gasteiger partial charge < -0.3 is 15.4 Å². The second-order valence-corrected chi connectivity index (χ2v) is 8.63. The molecule has 0 radical (unpaired) electrons. The van der Waals surface area contributed by atoms with Crippen LogP contribution >= 0.6 is 11.6 Å². The Kier molecular flexibility index (Phi) is 6.58. The number of anilines is 1. The van der Waals surface area contributed by atoms with Crippen LogP contribution in [0.15, 0.2) is 42.5 Å². The molecule has 5 nitrogen and oxygen atoms in total. The zero-order chi connectivity index (χ0) is 20.9. The summed E-state index contributed by atoms with van der Waals surface area (Å²) in [5, 5.41) is 6.65. The van der Waals surface area contributed by atoms with Gasteiger partial charge >= 0.3 is 0 Å². The normalized spacial score (nSPS) is 19.2. The van der Waals surface area contributed by atoms with Crippen LogP contribution in [0.3, 0.4) is 0 Å². The number of amides is 2. The Bertz CT molecular complexity index is 922. The molecule has 1 aliphatic carbocycles. The summed E-state index contributed by atoms with van der Waals surface area (Å²) in [4.78, 5) is 25.3. The number of carbonyl (C=O) groups is 2. The molecule has 0 spiro atoms. The number of hydrogen-bond donors (Lipinski definition) is 2. The Labute approximate surface area is 182 Å². The summed E-state index contributed by atoms with van der Waals surface area (Å²) in [6, 6.07) is 12.7. The van der Waals surface area contributed by atoms with E-state index >= 15 is 0 Å². The van der Waals surface area contributed by atoms with Crippen molar-refractivity contribution in [2.45, 2.75) is 51.0 Å². The number of fused-ring (bicyclic) bond motifs is 1. The van der Waals surface area contributed by atoms with Gasteiger partial charge in [-0.1, -0.05) is 43.4 Å². The van der Waals surface area contributed by atoms with E-state index < -0.39 is 0 Å². The zero-order valence-corrected chi connectivity index (χ0v) is 17.7. The SMILES string of the molecule is O=C(Nc1ccc2c(c1)CC(C(=O)NC1CCCCCC1)CO2)c1cccc(Cl)c1. The molecule has 158 valence electrons. The summed E-state index contributed by atoms with van der Waals surface area (Å²) >= 11 is 5.98. The summed E-state index contributed by atoms with van der Waals surface area (Å²) in [5.74, 6) is 0.409. The zero-order valence-electron chi connectivity index (χ0n) is 17.0. The second-order valence-electron chi connectivity index (χ2n) is 8.20. The molecule has 2 N–H and O–H groups in total. The van der Waals surface area contributed by atoms with Crippen LogP contribution in [0, 0.1) is 5.92 Å². The molecular formula is C24H27ClN2O3. The topological polar surface area (TPSA) is 67.4 Å². The lowest BCUT2D eigenvalue weighted by atomic mass is 9.95. The van der Waals surface area contributed by atoms with Crippen LogP contribution < -0.4 is 15.4 Å². The van der Waals surface area contributed by atoms with Crippen molar-refractivity contribution < 1.29 is 14.3 Å². The highest BCUT2D eigenvalue weighted by atomic mass is 35.5. The molecule has 2 aliphatic rings. The molecule has 0 bridgehead atoms. The maximum absolute atomic E-state index is 12.8. The van der Waals surface area contributed by atoms with Crippen LogP contribution in [-0.4, -0.2) is 24.5 Å². The fourth-order valence-corrected chi connectivity index (χ4v) is 4.41. The predicted octanol–water partition coefficient (Wildman–Crippen LogP) is 4.98. The molecule has 1 unspecified atom stereocenters. The first-order chi connectivity index (χ1) is 14.6. The quantitative estimate of drug-likeness (QED) is 0.677. The summed E-state index contributed by atoms with van der Waals surface area (Å²) in [6.07, 6.45) is 7.63. The van der Waals surface area contributed by atoms with E-state index in [4.69, 9.17) is 16.3 Å². The van der Waals surface area contributed by atoms with Crippen LogP contribution in [0.25, 0.3) is 0 Å². The number of hydrogen-bond acceptors (Lipinski definition) is 3. The van der Waals surface area contributed by atoms with Crippen LogP contribution in [0.5, 0.6) is 5.75 Å². The lowest BCUT2D eigenvalue weighted by Crippen LogP contribution is -2.42. The Morgan fingerprint density at radius 3 is 2.57 bits per heavy atom. The average molecular weight is 427 g/mol. The number of benzene rings is 2. The molecule has 1 aliphatic heterocycles. The Hall–Kier alpha value is -2.53. The number of nitrogens with one attached hydrogen (secondary N) is 2. The molecular weight excluding hydrogens is 400 g/mol. The van der Waals surface area contributed by atoms with Crippen molar-refractivity contribution in [3.63, 3.8) is 0 Å². The van der Waals surface area contributed by atoms with Gasteiger partial charge in [0.1, 0.15) is 12.4 Å². The molecule has 0 aromatic heterocycles. The molecule has 2 amide bonds. The Morgan fingerprint density at radius 2 is 1.80 bits per heavy atom. The first kappa shape index (κ1) is 20.7. The fourth-order valence-electron chi connectivity index (χ4n) is 4.22. The van der Waals surface area contributed by atoms with Crippen LogP contribution in [0.2, 0.25) is 5.02 Å². The first-order valence-corrected chi connectivity index (χ1v) is 11.1. The van der Waals surface area contributed by atoms with Crippen molar-refractivity contribution >= 4 is 29.1 Å². The third kappa shape index (κ3) is 5.14. The van der Waals surface area contributed by atoms with Crippen molar-refractivity contribution in [3.8, 4) is 5.75 Å². The van der Waals surface area contributed by atoms with Gasteiger partial charge in [-0.25, -0.2) is 0 Å². The van der Waals surface area contributed by atoms with E-state index in [2.05, 4.69) is 10.6 Å². The molecule has 1 atom stereocenters. The van der Waals surface area contributed by atoms with Crippen LogP contribution in [-0.2, 0) is 11.2 Å². The monoisotopic (exact) mass is 426 g/mol. The van der Waals surface area contributed by atoms with Crippen LogP contribution in [0.1, 0.15) is 54.4 Å². The van der Waals surface area contributed by atoms with E-state index in [-0.39, 0.29) is 23.8 Å². The largest absolute Gasteiger partial charge is 0.492 e. The molecule has 2 aromatic carbocycles. The van der Waals surface area contributed by atoms with Gasteiger partial charge in [-0.05, 0) is 61.2 Å². The molecule has 0 saturated heterocycles. The van der Waals surface area contributed by atoms with E-state index in [1.54, 1.807) is 24.3 Å². The van der Waals surface area contributed by atoms with Crippen molar-refractivity contribution in [2.24, 2.45) is 5.92 Å². The smallest absolute Gasteiger partial charge is 0.255 e. The van der Waals surface area contributed by atoms with E-state index in [0.29, 0.717) is 29.3 Å². The minimum Gasteiger partial charge on any atom is -0.492 e. The van der Waals surface area contributed by atoms with Gasteiger partial charge in [-0.3, -0.25) is 9.59 Å². The van der Waals surface area contributed by atoms with Crippen molar-refractivity contribution in [3.05, 3.63) is 58.6 Å². The highest BCUT2D eigenvalue weighted by molar-refractivity contribution is 6.31. The van der Waals surface area contributed by atoms with E-state index in [1.807, 2.05) is 18.2 Å². The molecule has 1 fully saturated rings. The van der Waals surface area contributed by atoms with Gasteiger partial charge in [0.15, 0.2) is 0 Å². The van der Waals surface area contributed by atoms with Crippen LogP contribution in [0.4, 0.5) is 5.69 Å². The van der Waals surface area contributed by atoms with Crippen molar-refractivity contribution in [1.82, 2.24) is 5.32 Å². The first-order valence-electron chi connectivity index (χ1n) is 10.7. The molecule has 4 rings (SSSR count). The minimum absolute atomic E-state index is 0.0703. The number of carbonyl (C=O) groups excluding carboxylic acids is 2. The summed E-state index contributed by atoms with van der Waals surface area (Å²) in [7, 11) is 0. The third-order valence-electron chi connectivity index (χ3n) is 5.88. The molecule has 1 saturated carbocycles. The molecule has 2 aromatic rings. The molecule has 6 heteroatoms. The maximum Gasteiger partial charge on any atom is 0.255 e. The highest BCUT2D eigenvalue weighted by Gasteiger charge is 2.28. The third-order valence-corrected chi connectivity index (χ3v) is 6.12. The predicted molar refractivity (Wildman–Crippen MR) is 118 cm³/mol. The lowest BCUT2D eigenvalue weighted by Gasteiger charge is -2.27. The summed E-state index contributed by atoms with van der Waals surface area (Å²) in [5.41, 5.74) is 2.11. The molecule has 30 heavy (non-hydrogen) atoms. The average Bonchev–Trinajstić information content (AvgIpc) is 3.02. The van der Waals surface area contributed by atoms with Gasteiger partial charge in [0.05, 0.1) is 5.92 Å². The van der Waals surface area contributed by atoms with Gasteiger partial charge in [-0.15, -0.1) is 0 Å². The standard InChI is InChI=1S/C24H27ClN2O3/c25-19-7-5-6-16(13-19)23(28)27-21-10-11-22-17(14-21)12-18(15-30-22)24(29)26-20-8-3-1-2-4-9-20/h5-7,10-11,13-14,18,20H,1-4,8-9,12,15H2,(H,26,29)(H,27,28). The minimum atomic E-state index is -0.225. The summed E-state index contributed by atoms with van der Waals surface area (Å²) in [6.45, 7) is 0.389. The fraction of sp³-hybridized carbons (Fsp3) is 0.417. The molecule has 1 heterocycles. The number of halogens is 1. The summed E-state index contributed by atoms with van der Waals surface area (Å²) < 4.78 is 5.84. The lowest BCUT2D eigenvalue weighted by molar-refractivity contribution is -0.127. The van der Waals surface area contributed by atoms with Gasteiger partial charge in [-0.2, -0.15) is 0 Å². The Morgan fingerprint density at radius 1 is 1.00 bits per heavy atom. The number of ether oxygens (including phenoxy) is 1.